The van der Waals surface area contributed by atoms with Gasteiger partial charge < -0.3 is 9.84 Å². The van der Waals surface area contributed by atoms with Gasteiger partial charge in [-0.05, 0) is 36.6 Å². The molecule has 0 saturated heterocycles. The molecule has 0 aliphatic carbocycles. The fourth-order valence-corrected chi connectivity index (χ4v) is 3.66. The lowest BCUT2D eigenvalue weighted by Gasteiger charge is -2.01. The molecule has 2 heterocycles. The molecule has 2 aromatic heterocycles. The van der Waals surface area contributed by atoms with Gasteiger partial charge >= 0.3 is 0 Å². The molecule has 5 heteroatoms. The summed E-state index contributed by atoms with van der Waals surface area (Å²) in [5.74, 6) is 1.06. The quantitative estimate of drug-likeness (QED) is 0.694. The van der Waals surface area contributed by atoms with Crippen molar-refractivity contribution in [3.8, 4) is 11.5 Å². The summed E-state index contributed by atoms with van der Waals surface area (Å²) in [7, 11) is 0. The van der Waals surface area contributed by atoms with Crippen LogP contribution in [0.15, 0.2) is 40.7 Å². The zero-order chi connectivity index (χ0) is 14.7. The summed E-state index contributed by atoms with van der Waals surface area (Å²) in [5.41, 5.74) is 0. The molecule has 0 bridgehead atoms. The maximum atomic E-state index is 10.3. The highest BCUT2D eigenvalue weighted by Gasteiger charge is 2.10. The molecule has 0 aliphatic heterocycles. The molecular weight excluding hydrogens is 302 g/mol. The molecule has 3 aromatic rings. The molecule has 0 aliphatic rings. The van der Waals surface area contributed by atoms with Crippen LogP contribution < -0.4 is 4.74 Å². The predicted molar refractivity (Wildman–Crippen MR) is 90.3 cm³/mol. The van der Waals surface area contributed by atoms with E-state index in [1.165, 1.54) is 16.2 Å². The van der Waals surface area contributed by atoms with Gasteiger partial charge in [-0.3, -0.25) is 4.99 Å². The van der Waals surface area contributed by atoms with Gasteiger partial charge in [0.25, 0.3) is 0 Å². The first-order chi connectivity index (χ1) is 10.3. The van der Waals surface area contributed by atoms with Crippen LogP contribution in [0.2, 0.25) is 0 Å². The number of nitrogens with zero attached hydrogens (tertiary/aromatic N) is 1. The largest absolute Gasteiger partial charge is 0.506 e. The summed E-state index contributed by atoms with van der Waals surface area (Å²) in [4.78, 5) is 6.40. The summed E-state index contributed by atoms with van der Waals surface area (Å²) >= 11 is 3.22. The van der Waals surface area contributed by atoms with Crippen molar-refractivity contribution in [1.82, 2.24) is 0 Å². The second kappa shape index (κ2) is 6.28. The van der Waals surface area contributed by atoms with Gasteiger partial charge in [-0.25, -0.2) is 0 Å². The van der Waals surface area contributed by atoms with E-state index in [9.17, 15) is 5.11 Å². The van der Waals surface area contributed by atoms with Crippen molar-refractivity contribution in [2.75, 3.05) is 6.61 Å². The van der Waals surface area contributed by atoms with Gasteiger partial charge in [0.15, 0.2) is 0 Å². The van der Waals surface area contributed by atoms with Gasteiger partial charge in [0.2, 0.25) is 0 Å². The molecule has 21 heavy (non-hydrogen) atoms. The van der Waals surface area contributed by atoms with Crippen LogP contribution in [0.1, 0.15) is 16.7 Å². The maximum absolute atomic E-state index is 10.3. The van der Waals surface area contributed by atoms with Gasteiger partial charge in [-0.15, -0.1) is 22.7 Å². The number of fused-ring (bicyclic) bond motifs is 1. The highest BCUT2D eigenvalue weighted by atomic mass is 32.1. The lowest BCUT2D eigenvalue weighted by molar-refractivity contribution is 0.340. The summed E-state index contributed by atoms with van der Waals surface area (Å²) in [6.07, 6.45) is 1.75. The van der Waals surface area contributed by atoms with Crippen molar-refractivity contribution in [1.29, 1.82) is 0 Å². The van der Waals surface area contributed by atoms with Crippen LogP contribution >= 0.6 is 22.7 Å². The Morgan fingerprint density at radius 1 is 1.33 bits per heavy atom. The third-order valence-corrected chi connectivity index (χ3v) is 4.96. The number of ether oxygens (including phenoxy) is 1. The van der Waals surface area contributed by atoms with Gasteiger partial charge in [-0.2, -0.15) is 0 Å². The average Bonchev–Trinajstić information content (AvgIpc) is 3.10. The van der Waals surface area contributed by atoms with Gasteiger partial charge in [0.1, 0.15) is 11.5 Å². The molecule has 0 saturated carbocycles. The Balaban J connectivity index is 1.85. The van der Waals surface area contributed by atoms with E-state index in [0.717, 1.165) is 20.7 Å². The van der Waals surface area contributed by atoms with Crippen molar-refractivity contribution in [2.24, 2.45) is 4.99 Å². The SMILES string of the molecule is CCOc1ccc2sc(C=NCc3cccs3)c(O)c2c1. The highest BCUT2D eigenvalue weighted by molar-refractivity contribution is 7.21. The smallest absolute Gasteiger partial charge is 0.143 e. The van der Waals surface area contributed by atoms with Crippen LogP contribution in [0, 0.1) is 0 Å². The van der Waals surface area contributed by atoms with Crippen molar-refractivity contribution in [3.05, 3.63) is 45.5 Å². The number of aliphatic imine (C=N–C) groups is 1. The van der Waals surface area contributed by atoms with E-state index >= 15 is 0 Å². The molecule has 0 amide bonds. The molecule has 0 fully saturated rings. The van der Waals surface area contributed by atoms with E-state index in [2.05, 4.69) is 11.1 Å². The topological polar surface area (TPSA) is 41.8 Å². The minimum absolute atomic E-state index is 0.284. The van der Waals surface area contributed by atoms with Crippen molar-refractivity contribution < 1.29 is 9.84 Å². The Morgan fingerprint density at radius 3 is 3.00 bits per heavy atom. The Hall–Kier alpha value is -1.85. The first-order valence-electron chi connectivity index (χ1n) is 6.68. The third kappa shape index (κ3) is 3.09. The average molecular weight is 317 g/mol. The first kappa shape index (κ1) is 14.1. The summed E-state index contributed by atoms with van der Waals surface area (Å²) in [5, 5.41) is 13.2. The first-order valence-corrected chi connectivity index (χ1v) is 8.38. The third-order valence-electron chi connectivity index (χ3n) is 3.01. The molecule has 108 valence electrons. The van der Waals surface area contributed by atoms with E-state index < -0.39 is 0 Å². The van der Waals surface area contributed by atoms with Crippen LogP contribution in [0.4, 0.5) is 0 Å². The van der Waals surface area contributed by atoms with Gasteiger partial charge in [0, 0.05) is 21.2 Å². The number of hydrogen-bond acceptors (Lipinski definition) is 5. The monoisotopic (exact) mass is 317 g/mol. The van der Waals surface area contributed by atoms with Crippen LogP contribution in [0.3, 0.4) is 0 Å². The molecule has 3 rings (SSSR count). The second-order valence-electron chi connectivity index (χ2n) is 4.46. The van der Waals surface area contributed by atoms with Crippen molar-refractivity contribution >= 4 is 39.0 Å². The fourth-order valence-electron chi connectivity index (χ4n) is 2.05. The molecule has 0 spiro atoms. The molecule has 1 N–H and O–H groups in total. The number of benzene rings is 1. The Bertz CT molecular complexity index is 760. The van der Waals surface area contributed by atoms with E-state index in [4.69, 9.17) is 4.74 Å². The normalized spacial score (nSPS) is 11.5. The predicted octanol–water partition coefficient (Wildman–Crippen LogP) is 4.69. The molecule has 0 radical (unpaired) electrons. The molecule has 1 aromatic carbocycles. The standard InChI is InChI=1S/C16H15NO2S2/c1-2-19-11-5-6-14-13(8-11)16(18)15(21-14)10-17-9-12-4-3-7-20-12/h3-8,10,18H,2,9H2,1H3. The minimum Gasteiger partial charge on any atom is -0.506 e. The Labute approximate surface area is 131 Å². The number of rotatable bonds is 5. The zero-order valence-electron chi connectivity index (χ0n) is 11.6. The molecule has 0 atom stereocenters. The Morgan fingerprint density at radius 2 is 2.24 bits per heavy atom. The van der Waals surface area contributed by atoms with Crippen LogP contribution in [-0.4, -0.2) is 17.9 Å². The number of thiophene rings is 2. The minimum atomic E-state index is 0.284. The number of aromatic hydroxyl groups is 1. The summed E-state index contributed by atoms with van der Waals surface area (Å²) in [6, 6.07) is 9.85. The van der Waals surface area contributed by atoms with E-state index in [0.29, 0.717) is 13.2 Å². The van der Waals surface area contributed by atoms with Crippen LogP contribution in [0.25, 0.3) is 10.1 Å². The lowest BCUT2D eigenvalue weighted by Crippen LogP contribution is -1.89. The van der Waals surface area contributed by atoms with Crippen molar-refractivity contribution in [3.63, 3.8) is 0 Å². The fraction of sp³-hybridized carbons (Fsp3) is 0.188. The maximum Gasteiger partial charge on any atom is 0.143 e. The van der Waals surface area contributed by atoms with Crippen LogP contribution in [0.5, 0.6) is 11.5 Å². The zero-order valence-corrected chi connectivity index (χ0v) is 13.2. The van der Waals surface area contributed by atoms with E-state index in [1.807, 2.05) is 36.6 Å². The van der Waals surface area contributed by atoms with Crippen molar-refractivity contribution in [2.45, 2.75) is 13.5 Å². The van der Waals surface area contributed by atoms with Crippen LogP contribution in [-0.2, 0) is 6.54 Å². The molecule has 0 unspecified atom stereocenters. The molecular formula is C16H15NO2S2. The molecule has 3 nitrogen and oxygen atoms in total. The van der Waals surface area contributed by atoms with Gasteiger partial charge in [-0.1, -0.05) is 6.07 Å². The summed E-state index contributed by atoms with van der Waals surface area (Å²) < 4.78 is 6.51. The Kier molecular flexibility index (Phi) is 4.22. The van der Waals surface area contributed by atoms with E-state index in [-0.39, 0.29) is 5.75 Å². The van der Waals surface area contributed by atoms with Gasteiger partial charge in [0.05, 0.1) is 18.0 Å². The van der Waals surface area contributed by atoms with E-state index in [1.54, 1.807) is 17.6 Å². The number of hydrogen-bond donors (Lipinski definition) is 1. The lowest BCUT2D eigenvalue weighted by atomic mass is 10.2. The highest BCUT2D eigenvalue weighted by Crippen LogP contribution is 2.37. The second-order valence-corrected chi connectivity index (χ2v) is 6.57. The summed E-state index contributed by atoms with van der Waals surface area (Å²) in [6.45, 7) is 3.21.